The number of ketones is 1. The Labute approximate surface area is 122 Å². The van der Waals surface area contributed by atoms with Crippen molar-refractivity contribution in [1.29, 1.82) is 0 Å². The van der Waals surface area contributed by atoms with E-state index in [1.807, 2.05) is 0 Å². The molecule has 6 heteroatoms. The summed E-state index contributed by atoms with van der Waals surface area (Å²) in [6.45, 7) is -0.831. The van der Waals surface area contributed by atoms with Gasteiger partial charge < -0.3 is 10.0 Å². The van der Waals surface area contributed by atoms with Crippen molar-refractivity contribution in [1.82, 2.24) is 4.90 Å². The monoisotopic (exact) mass is 301 g/mol. The fourth-order valence-electron chi connectivity index (χ4n) is 3.80. The summed E-state index contributed by atoms with van der Waals surface area (Å²) in [5.41, 5.74) is -1.23. The summed E-state index contributed by atoms with van der Waals surface area (Å²) in [4.78, 5) is 25.3. The Bertz CT molecular complexity index is 456. The van der Waals surface area contributed by atoms with E-state index in [-0.39, 0.29) is 6.42 Å². The van der Waals surface area contributed by atoms with Crippen LogP contribution in [-0.4, -0.2) is 45.8 Å². The lowest BCUT2D eigenvalue weighted by Gasteiger charge is -2.36. The summed E-state index contributed by atoms with van der Waals surface area (Å²) in [6.07, 6.45) is 3.24. The third-order valence-corrected chi connectivity index (χ3v) is 5.25. The Morgan fingerprint density at radius 2 is 1.81 bits per heavy atom. The molecule has 1 atom stereocenters. The van der Waals surface area contributed by atoms with Crippen LogP contribution in [-0.2, 0) is 9.59 Å². The van der Waals surface area contributed by atoms with Gasteiger partial charge in [-0.05, 0) is 25.2 Å². The summed E-state index contributed by atoms with van der Waals surface area (Å²) in [7, 11) is 0. The van der Waals surface area contributed by atoms with Crippen molar-refractivity contribution in [3.05, 3.63) is 0 Å². The van der Waals surface area contributed by atoms with Gasteiger partial charge >= 0.3 is 0 Å². The van der Waals surface area contributed by atoms with Gasteiger partial charge in [0.15, 0.2) is 0 Å². The van der Waals surface area contributed by atoms with E-state index in [4.69, 9.17) is 0 Å². The average molecular weight is 301 g/mol. The molecule has 1 spiro atoms. The van der Waals surface area contributed by atoms with Gasteiger partial charge in [0, 0.05) is 6.42 Å². The van der Waals surface area contributed by atoms with Crippen molar-refractivity contribution < 1.29 is 23.5 Å². The maximum atomic E-state index is 13.9. The quantitative estimate of drug-likeness (QED) is 0.807. The molecule has 4 nitrogen and oxygen atoms in total. The van der Waals surface area contributed by atoms with Crippen molar-refractivity contribution in [2.75, 3.05) is 6.54 Å². The van der Waals surface area contributed by atoms with Gasteiger partial charge in [0.2, 0.25) is 5.78 Å². The molecule has 1 saturated heterocycles. The minimum atomic E-state index is -3.32. The molecule has 3 aliphatic rings. The molecule has 21 heavy (non-hydrogen) atoms. The first-order valence-electron chi connectivity index (χ1n) is 7.77. The predicted octanol–water partition coefficient (Wildman–Crippen LogP) is 1.90. The number of aliphatic hydroxyl groups is 1. The van der Waals surface area contributed by atoms with Crippen LogP contribution in [0.3, 0.4) is 0 Å². The second kappa shape index (κ2) is 5.00. The first-order valence-corrected chi connectivity index (χ1v) is 7.77. The molecule has 2 aliphatic carbocycles. The minimum absolute atomic E-state index is 0.137. The van der Waals surface area contributed by atoms with Gasteiger partial charge in [0.1, 0.15) is 6.10 Å². The molecule has 1 amide bonds. The van der Waals surface area contributed by atoms with Crippen molar-refractivity contribution >= 4 is 11.7 Å². The number of halogens is 2. The highest BCUT2D eigenvalue weighted by molar-refractivity contribution is 6.36. The lowest BCUT2D eigenvalue weighted by Crippen LogP contribution is -2.53. The highest BCUT2D eigenvalue weighted by Gasteiger charge is 2.65. The Hall–Kier alpha value is -1.04. The molecule has 0 aromatic rings. The smallest absolute Gasteiger partial charge is 0.292 e. The molecule has 3 rings (SSSR count). The lowest BCUT2D eigenvalue weighted by atomic mass is 9.89. The predicted molar refractivity (Wildman–Crippen MR) is 70.8 cm³/mol. The molecule has 118 valence electrons. The molecule has 1 unspecified atom stereocenters. The third-order valence-electron chi connectivity index (χ3n) is 5.25. The second-order valence-electron chi connectivity index (χ2n) is 6.77. The summed E-state index contributed by atoms with van der Waals surface area (Å²) in [6, 6.07) is 0. The van der Waals surface area contributed by atoms with E-state index in [0.29, 0.717) is 38.0 Å². The molecule has 1 N–H and O–H groups in total. The van der Waals surface area contributed by atoms with Crippen LogP contribution in [0.4, 0.5) is 8.78 Å². The van der Waals surface area contributed by atoms with Gasteiger partial charge in [0.25, 0.3) is 11.8 Å². The number of likely N-dealkylation sites (tertiary alicyclic amines) is 1. The highest BCUT2D eigenvalue weighted by Crippen LogP contribution is 2.49. The molecule has 0 aromatic carbocycles. The van der Waals surface area contributed by atoms with Crippen LogP contribution < -0.4 is 0 Å². The molecule has 1 heterocycles. The highest BCUT2D eigenvalue weighted by atomic mass is 19.3. The van der Waals surface area contributed by atoms with Gasteiger partial charge in [-0.2, -0.15) is 0 Å². The summed E-state index contributed by atoms with van der Waals surface area (Å²) in [5.74, 6) is -4.21. The van der Waals surface area contributed by atoms with E-state index in [2.05, 4.69) is 0 Å². The lowest BCUT2D eigenvalue weighted by molar-refractivity contribution is -0.149. The molecule has 3 fully saturated rings. The van der Waals surface area contributed by atoms with Crippen molar-refractivity contribution in [2.45, 2.75) is 68.9 Å². The van der Waals surface area contributed by atoms with Crippen LogP contribution >= 0.6 is 0 Å². The molecule has 0 aromatic heterocycles. The van der Waals surface area contributed by atoms with E-state index in [1.54, 1.807) is 0 Å². The fraction of sp³-hybridized carbons (Fsp3) is 0.867. The normalized spacial score (nSPS) is 30.0. The number of hydrogen-bond donors (Lipinski definition) is 1. The van der Waals surface area contributed by atoms with E-state index >= 15 is 0 Å². The number of Topliss-reactive ketones (excluding diaryl/α,β-unsaturated/α-hetero) is 1. The Morgan fingerprint density at radius 3 is 2.38 bits per heavy atom. The zero-order chi connectivity index (χ0) is 15.3. The van der Waals surface area contributed by atoms with Crippen molar-refractivity contribution in [2.24, 2.45) is 5.92 Å². The fourth-order valence-corrected chi connectivity index (χ4v) is 3.80. The summed E-state index contributed by atoms with van der Waals surface area (Å²) in [5, 5.41) is 9.98. The van der Waals surface area contributed by atoms with Gasteiger partial charge in [-0.1, -0.05) is 25.7 Å². The van der Waals surface area contributed by atoms with Crippen LogP contribution in [0.2, 0.25) is 0 Å². The van der Waals surface area contributed by atoms with E-state index < -0.39 is 35.8 Å². The van der Waals surface area contributed by atoms with Gasteiger partial charge in [-0.25, -0.2) is 8.78 Å². The Balaban J connectivity index is 1.75. The van der Waals surface area contributed by atoms with Gasteiger partial charge in [-0.3, -0.25) is 9.59 Å². The van der Waals surface area contributed by atoms with Crippen LogP contribution in [0.15, 0.2) is 0 Å². The first kappa shape index (κ1) is 14.9. The van der Waals surface area contributed by atoms with Crippen molar-refractivity contribution in [3.8, 4) is 0 Å². The molecule has 1 aliphatic heterocycles. The molecule has 2 saturated carbocycles. The largest absolute Gasteiger partial charge is 0.384 e. The Morgan fingerprint density at radius 1 is 1.19 bits per heavy atom. The average Bonchev–Trinajstić information content (AvgIpc) is 3.11. The molecular formula is C15H21F2NO3. The van der Waals surface area contributed by atoms with Gasteiger partial charge in [0.05, 0.1) is 12.1 Å². The number of aliphatic hydroxyl groups excluding tert-OH is 1. The SMILES string of the molecule is O=C(CCC1CC1)C(=O)N1CC(F)(F)C(O)C12CCCC2. The number of hydrogen-bond acceptors (Lipinski definition) is 3. The standard InChI is InChI=1S/C15H21F2NO3/c16-15(17)9-18(14(13(15)21)7-1-2-8-14)12(20)11(19)6-5-10-3-4-10/h10,13,21H,1-9H2. The summed E-state index contributed by atoms with van der Waals surface area (Å²) < 4.78 is 27.8. The molecule has 0 radical (unpaired) electrons. The topological polar surface area (TPSA) is 57.6 Å². The van der Waals surface area contributed by atoms with Crippen molar-refractivity contribution in [3.63, 3.8) is 0 Å². The van der Waals surface area contributed by atoms with E-state index in [0.717, 1.165) is 17.7 Å². The van der Waals surface area contributed by atoms with Crippen LogP contribution in [0.5, 0.6) is 0 Å². The molecule has 0 bridgehead atoms. The third kappa shape index (κ3) is 2.47. The number of carbonyl (C=O) groups is 2. The maximum Gasteiger partial charge on any atom is 0.292 e. The Kier molecular flexibility index (Phi) is 3.55. The van der Waals surface area contributed by atoms with Crippen LogP contribution in [0.1, 0.15) is 51.4 Å². The van der Waals surface area contributed by atoms with Crippen LogP contribution in [0.25, 0.3) is 0 Å². The summed E-state index contributed by atoms with van der Waals surface area (Å²) >= 11 is 0. The maximum absolute atomic E-state index is 13.9. The number of nitrogens with zero attached hydrogens (tertiary/aromatic N) is 1. The zero-order valence-corrected chi connectivity index (χ0v) is 12.0. The number of alkyl halides is 2. The number of amides is 1. The minimum Gasteiger partial charge on any atom is -0.384 e. The number of rotatable bonds is 4. The zero-order valence-electron chi connectivity index (χ0n) is 12.0. The number of carbonyl (C=O) groups excluding carboxylic acids is 2. The van der Waals surface area contributed by atoms with E-state index in [1.165, 1.54) is 0 Å². The first-order chi connectivity index (χ1) is 9.87. The second-order valence-corrected chi connectivity index (χ2v) is 6.77. The van der Waals surface area contributed by atoms with Crippen LogP contribution in [0, 0.1) is 5.92 Å². The van der Waals surface area contributed by atoms with E-state index in [9.17, 15) is 23.5 Å². The molecular weight excluding hydrogens is 280 g/mol. The van der Waals surface area contributed by atoms with Gasteiger partial charge in [-0.15, -0.1) is 0 Å².